The van der Waals surface area contributed by atoms with Crippen molar-refractivity contribution in [3.8, 4) is 0 Å². The van der Waals surface area contributed by atoms with Gasteiger partial charge in [0.05, 0.1) is 0 Å². The van der Waals surface area contributed by atoms with Crippen molar-refractivity contribution in [1.82, 2.24) is 20.3 Å². The number of nitrogens with one attached hydrogen (secondary N) is 3. The van der Waals surface area contributed by atoms with E-state index in [1.807, 2.05) is 0 Å². The Morgan fingerprint density at radius 2 is 2.00 bits per heavy atom. The van der Waals surface area contributed by atoms with Crippen LogP contribution in [0.2, 0.25) is 0 Å². The first-order chi connectivity index (χ1) is 9.27. The number of aromatic nitrogens is 3. The molecule has 0 saturated heterocycles. The third-order valence-corrected chi connectivity index (χ3v) is 2.32. The highest BCUT2D eigenvalue weighted by atomic mass is 16.2. The van der Waals surface area contributed by atoms with Crippen LogP contribution < -0.4 is 16.2 Å². The van der Waals surface area contributed by atoms with Crippen molar-refractivity contribution in [2.75, 3.05) is 18.4 Å². The summed E-state index contributed by atoms with van der Waals surface area (Å²) in [5.41, 5.74) is -0.308. The molecule has 0 aromatic carbocycles. The number of H-pyrrole nitrogens is 1. The summed E-state index contributed by atoms with van der Waals surface area (Å²) >= 11 is 0. The number of hydrogen-bond donors (Lipinski definition) is 3. The smallest absolute Gasteiger partial charge is 0.260 e. The van der Waals surface area contributed by atoms with Crippen LogP contribution in [-0.4, -0.2) is 33.9 Å². The molecule has 2 rings (SSSR count). The van der Waals surface area contributed by atoms with Crippen LogP contribution in [0.3, 0.4) is 0 Å². The molecule has 19 heavy (non-hydrogen) atoms. The Bertz CT molecular complexity index is 596. The number of aromatic amines is 1. The first kappa shape index (κ1) is 12.7. The summed E-state index contributed by atoms with van der Waals surface area (Å²) in [7, 11) is 0. The number of anilines is 1. The standard InChI is InChI=1S/C12H13N5O2/c18-10-9(3-1-4-13-10)11(19)14-7-8-17-12-15-5-2-6-16-12/h1-6H,7-8H2,(H,13,18)(H,14,19)(H,15,16,17). The van der Waals surface area contributed by atoms with Gasteiger partial charge in [-0.15, -0.1) is 0 Å². The summed E-state index contributed by atoms with van der Waals surface area (Å²) in [6.45, 7) is 0.839. The van der Waals surface area contributed by atoms with Gasteiger partial charge >= 0.3 is 0 Å². The van der Waals surface area contributed by atoms with Crippen LogP contribution in [0.5, 0.6) is 0 Å². The highest BCUT2D eigenvalue weighted by Crippen LogP contribution is 1.92. The molecular weight excluding hydrogens is 246 g/mol. The Hall–Kier alpha value is -2.70. The number of carbonyl (C=O) groups is 1. The van der Waals surface area contributed by atoms with Crippen molar-refractivity contribution in [1.29, 1.82) is 0 Å². The monoisotopic (exact) mass is 259 g/mol. The number of pyridine rings is 1. The minimum absolute atomic E-state index is 0.0958. The van der Waals surface area contributed by atoms with E-state index in [1.54, 1.807) is 24.5 Å². The fraction of sp³-hybridized carbons (Fsp3) is 0.167. The molecule has 2 aromatic heterocycles. The normalized spacial score (nSPS) is 9.89. The summed E-state index contributed by atoms with van der Waals surface area (Å²) in [4.78, 5) is 33.5. The number of carbonyl (C=O) groups excluding carboxylic acids is 1. The molecule has 0 atom stereocenters. The van der Waals surface area contributed by atoms with Gasteiger partial charge < -0.3 is 15.6 Å². The van der Waals surface area contributed by atoms with Gasteiger partial charge in [-0.3, -0.25) is 9.59 Å². The van der Waals surface area contributed by atoms with Crippen molar-refractivity contribution >= 4 is 11.9 Å². The van der Waals surface area contributed by atoms with Gasteiger partial charge in [0.1, 0.15) is 5.56 Å². The molecule has 7 nitrogen and oxygen atoms in total. The predicted molar refractivity (Wildman–Crippen MR) is 69.9 cm³/mol. The first-order valence-electron chi connectivity index (χ1n) is 5.74. The van der Waals surface area contributed by atoms with E-state index in [1.165, 1.54) is 12.3 Å². The van der Waals surface area contributed by atoms with Gasteiger partial charge in [-0.05, 0) is 18.2 Å². The van der Waals surface area contributed by atoms with Crippen LogP contribution in [-0.2, 0) is 0 Å². The van der Waals surface area contributed by atoms with Crippen molar-refractivity contribution in [3.05, 3.63) is 52.7 Å². The van der Waals surface area contributed by atoms with Crippen LogP contribution >= 0.6 is 0 Å². The second kappa shape index (κ2) is 6.29. The zero-order valence-electron chi connectivity index (χ0n) is 10.1. The van der Waals surface area contributed by atoms with E-state index >= 15 is 0 Å². The third kappa shape index (κ3) is 3.63. The number of hydrogen-bond acceptors (Lipinski definition) is 5. The molecule has 0 aliphatic heterocycles. The average Bonchev–Trinajstić information content (AvgIpc) is 2.45. The second-order valence-electron chi connectivity index (χ2n) is 3.67. The minimum atomic E-state index is -0.405. The van der Waals surface area contributed by atoms with E-state index in [9.17, 15) is 9.59 Å². The minimum Gasteiger partial charge on any atom is -0.352 e. The van der Waals surface area contributed by atoms with Crippen LogP contribution in [0.25, 0.3) is 0 Å². The molecule has 3 N–H and O–H groups in total. The van der Waals surface area contributed by atoms with E-state index in [-0.39, 0.29) is 5.56 Å². The maximum atomic E-state index is 11.7. The van der Waals surface area contributed by atoms with Crippen LogP contribution in [0.15, 0.2) is 41.6 Å². The molecule has 0 aliphatic rings. The Kier molecular flexibility index (Phi) is 4.22. The number of rotatable bonds is 5. The van der Waals surface area contributed by atoms with E-state index < -0.39 is 11.5 Å². The Balaban J connectivity index is 1.79. The molecule has 0 radical (unpaired) electrons. The molecule has 2 heterocycles. The van der Waals surface area contributed by atoms with Gasteiger partial charge in [0.2, 0.25) is 5.95 Å². The second-order valence-corrected chi connectivity index (χ2v) is 3.67. The van der Waals surface area contributed by atoms with Crippen molar-refractivity contribution in [2.24, 2.45) is 0 Å². The zero-order chi connectivity index (χ0) is 13.5. The molecule has 0 fully saturated rings. The lowest BCUT2D eigenvalue weighted by molar-refractivity contribution is 0.0953. The largest absolute Gasteiger partial charge is 0.352 e. The quantitative estimate of drug-likeness (QED) is 0.657. The Morgan fingerprint density at radius 1 is 1.21 bits per heavy atom. The molecule has 0 aliphatic carbocycles. The highest BCUT2D eigenvalue weighted by molar-refractivity contribution is 5.93. The van der Waals surface area contributed by atoms with Gasteiger partial charge in [-0.25, -0.2) is 9.97 Å². The average molecular weight is 259 g/mol. The molecule has 1 amide bonds. The molecule has 0 bridgehead atoms. The lowest BCUT2D eigenvalue weighted by Crippen LogP contribution is -2.32. The van der Waals surface area contributed by atoms with E-state index in [0.717, 1.165) is 0 Å². The fourth-order valence-corrected chi connectivity index (χ4v) is 1.44. The van der Waals surface area contributed by atoms with Crippen molar-refractivity contribution < 1.29 is 4.79 Å². The van der Waals surface area contributed by atoms with Gasteiger partial charge in [0.15, 0.2) is 0 Å². The summed E-state index contributed by atoms with van der Waals surface area (Å²) < 4.78 is 0. The van der Waals surface area contributed by atoms with Crippen LogP contribution in [0, 0.1) is 0 Å². The van der Waals surface area contributed by atoms with Crippen LogP contribution in [0.4, 0.5) is 5.95 Å². The maximum Gasteiger partial charge on any atom is 0.260 e. The molecule has 0 spiro atoms. The van der Waals surface area contributed by atoms with Gasteiger partial charge in [-0.2, -0.15) is 0 Å². The topological polar surface area (TPSA) is 99.8 Å². The van der Waals surface area contributed by atoms with Crippen LogP contribution in [0.1, 0.15) is 10.4 Å². The third-order valence-electron chi connectivity index (χ3n) is 2.32. The van der Waals surface area contributed by atoms with Gasteiger partial charge in [0, 0.05) is 31.7 Å². The summed E-state index contributed by atoms with van der Waals surface area (Å²) in [5.74, 6) is 0.0898. The lowest BCUT2D eigenvalue weighted by atomic mass is 10.2. The fourth-order valence-electron chi connectivity index (χ4n) is 1.44. The summed E-state index contributed by atoms with van der Waals surface area (Å²) in [5, 5.41) is 5.58. The zero-order valence-corrected chi connectivity index (χ0v) is 10.1. The van der Waals surface area contributed by atoms with Crippen molar-refractivity contribution in [3.63, 3.8) is 0 Å². The predicted octanol–water partition coefficient (Wildman–Crippen LogP) is 0.00680. The van der Waals surface area contributed by atoms with Gasteiger partial charge in [0.25, 0.3) is 11.5 Å². The molecule has 2 aromatic rings. The molecule has 98 valence electrons. The highest BCUT2D eigenvalue weighted by Gasteiger charge is 2.08. The van der Waals surface area contributed by atoms with Gasteiger partial charge in [-0.1, -0.05) is 0 Å². The maximum absolute atomic E-state index is 11.7. The number of nitrogens with zero attached hydrogens (tertiary/aromatic N) is 2. The van der Waals surface area contributed by atoms with E-state index in [2.05, 4.69) is 25.6 Å². The molecule has 0 unspecified atom stereocenters. The Labute approximate surface area is 109 Å². The molecule has 7 heteroatoms. The first-order valence-corrected chi connectivity index (χ1v) is 5.74. The van der Waals surface area contributed by atoms with E-state index in [4.69, 9.17) is 0 Å². The lowest BCUT2D eigenvalue weighted by Gasteiger charge is -2.05. The summed E-state index contributed by atoms with van der Waals surface area (Å²) in [6.07, 6.45) is 4.72. The Morgan fingerprint density at radius 3 is 2.74 bits per heavy atom. The van der Waals surface area contributed by atoms with Crippen molar-refractivity contribution in [2.45, 2.75) is 0 Å². The number of amides is 1. The molecular formula is C12H13N5O2. The summed E-state index contributed by atoms with van der Waals surface area (Å²) in [6, 6.07) is 4.79. The van der Waals surface area contributed by atoms with E-state index in [0.29, 0.717) is 19.0 Å². The molecule has 0 saturated carbocycles. The SMILES string of the molecule is O=C(NCCNc1ncccn1)c1ccc[nH]c1=O.